The molecule has 1 aliphatic heterocycles. The number of sulfonamides is 1. The zero-order chi connectivity index (χ0) is 19.6. The van der Waals surface area contributed by atoms with Gasteiger partial charge in [-0.1, -0.05) is 12.8 Å². The van der Waals surface area contributed by atoms with E-state index in [9.17, 15) is 8.42 Å². The van der Waals surface area contributed by atoms with Crippen LogP contribution in [0.2, 0.25) is 0 Å². The van der Waals surface area contributed by atoms with Gasteiger partial charge in [0, 0.05) is 57.9 Å². The summed E-state index contributed by atoms with van der Waals surface area (Å²) in [6, 6.07) is 0. The van der Waals surface area contributed by atoms with Gasteiger partial charge < -0.3 is 15.4 Å². The Morgan fingerprint density at radius 3 is 2.56 bits per heavy atom. The smallest absolute Gasteiger partial charge is 0.215 e. The lowest BCUT2D eigenvalue weighted by atomic mass is 9.83. The summed E-state index contributed by atoms with van der Waals surface area (Å²) in [4.78, 5) is 4.78. The topological polar surface area (TPSA) is 83.0 Å². The number of nitrogens with zero attached hydrogens (tertiary/aromatic N) is 2. The molecular weight excluding hydrogens is 384 g/mol. The van der Waals surface area contributed by atoms with Crippen molar-refractivity contribution in [1.82, 2.24) is 14.9 Å². The monoisotopic (exact) mass is 420 g/mol. The van der Waals surface area contributed by atoms with Gasteiger partial charge in [-0.15, -0.1) is 0 Å². The van der Waals surface area contributed by atoms with E-state index in [1.54, 1.807) is 11.4 Å². The number of aliphatic imine (C=N–C) groups is 1. The van der Waals surface area contributed by atoms with E-state index in [1.807, 2.05) is 18.7 Å². The third kappa shape index (κ3) is 7.44. The fraction of sp³-hybridized carbons (Fsp3) is 0.944. The fourth-order valence-electron chi connectivity index (χ4n) is 3.77. The van der Waals surface area contributed by atoms with Gasteiger partial charge in [0.1, 0.15) is 0 Å². The Morgan fingerprint density at radius 1 is 1.22 bits per heavy atom. The zero-order valence-electron chi connectivity index (χ0n) is 16.8. The fourth-order valence-corrected chi connectivity index (χ4v) is 6.26. The molecule has 0 bridgehead atoms. The molecule has 0 radical (unpaired) electrons. The molecule has 27 heavy (non-hydrogen) atoms. The Labute approximate surface area is 169 Å². The molecule has 1 saturated heterocycles. The largest absolute Gasteiger partial charge is 0.385 e. The van der Waals surface area contributed by atoms with Gasteiger partial charge in [0.25, 0.3) is 0 Å². The molecule has 1 aliphatic carbocycles. The van der Waals surface area contributed by atoms with E-state index in [-0.39, 0.29) is 11.2 Å². The number of ether oxygens (including phenoxy) is 1. The molecule has 0 atom stereocenters. The summed E-state index contributed by atoms with van der Waals surface area (Å²) >= 11 is 1.81. The summed E-state index contributed by atoms with van der Waals surface area (Å²) in [7, 11) is -1.44. The molecule has 9 heteroatoms. The van der Waals surface area contributed by atoms with Gasteiger partial charge >= 0.3 is 0 Å². The lowest BCUT2D eigenvalue weighted by molar-refractivity contribution is 0.141. The summed E-state index contributed by atoms with van der Waals surface area (Å²) < 4.78 is 31.8. The number of hydrogen-bond acceptors (Lipinski definition) is 5. The van der Waals surface area contributed by atoms with Crippen molar-refractivity contribution in [3.05, 3.63) is 0 Å². The molecule has 2 fully saturated rings. The molecule has 0 aromatic rings. The van der Waals surface area contributed by atoms with E-state index in [2.05, 4.69) is 10.6 Å². The van der Waals surface area contributed by atoms with Crippen molar-refractivity contribution in [2.24, 2.45) is 10.4 Å². The van der Waals surface area contributed by atoms with Crippen LogP contribution in [0.1, 0.15) is 39.0 Å². The van der Waals surface area contributed by atoms with E-state index in [1.165, 1.54) is 25.7 Å². The van der Waals surface area contributed by atoms with Gasteiger partial charge in [-0.2, -0.15) is 11.8 Å². The van der Waals surface area contributed by atoms with E-state index < -0.39 is 10.0 Å². The third-order valence-corrected chi connectivity index (χ3v) is 8.25. The molecule has 158 valence electrons. The van der Waals surface area contributed by atoms with E-state index in [0.29, 0.717) is 25.6 Å². The quantitative estimate of drug-likeness (QED) is 0.412. The minimum Gasteiger partial charge on any atom is -0.385 e. The Bertz CT molecular complexity index is 557. The highest BCUT2D eigenvalue weighted by Gasteiger charge is 2.33. The summed E-state index contributed by atoms with van der Waals surface area (Å²) in [6.07, 6.45) is 5.94. The highest BCUT2D eigenvalue weighted by molar-refractivity contribution is 7.99. The second-order valence-corrected chi connectivity index (χ2v) is 10.7. The maximum atomic E-state index is 12.5. The average molecular weight is 421 g/mol. The van der Waals surface area contributed by atoms with Gasteiger partial charge in [0.05, 0.1) is 5.75 Å². The minimum atomic E-state index is -3.19. The molecule has 7 nitrogen and oxygen atoms in total. The van der Waals surface area contributed by atoms with Crippen molar-refractivity contribution in [3.8, 4) is 0 Å². The zero-order valence-corrected chi connectivity index (χ0v) is 18.5. The first kappa shape index (κ1) is 22.8. The lowest BCUT2D eigenvalue weighted by Crippen LogP contribution is -2.44. The van der Waals surface area contributed by atoms with Gasteiger partial charge in [0.2, 0.25) is 10.0 Å². The molecule has 1 saturated carbocycles. The Kier molecular flexibility index (Phi) is 9.69. The van der Waals surface area contributed by atoms with Crippen molar-refractivity contribution in [2.75, 3.05) is 63.7 Å². The van der Waals surface area contributed by atoms with Crippen LogP contribution in [0.15, 0.2) is 4.99 Å². The second-order valence-electron chi connectivity index (χ2n) is 7.40. The highest BCUT2D eigenvalue weighted by Crippen LogP contribution is 2.41. The van der Waals surface area contributed by atoms with Crippen molar-refractivity contribution in [1.29, 1.82) is 0 Å². The van der Waals surface area contributed by atoms with Crippen LogP contribution in [0.25, 0.3) is 0 Å². The normalized spacial score (nSPS) is 21.3. The Balaban J connectivity index is 1.87. The molecule has 0 spiro atoms. The predicted octanol–water partition coefficient (Wildman–Crippen LogP) is 1.52. The summed E-state index contributed by atoms with van der Waals surface area (Å²) in [5.41, 5.74) is 0.232. The third-order valence-electron chi connectivity index (χ3n) is 5.43. The first-order valence-corrected chi connectivity index (χ1v) is 12.8. The predicted molar refractivity (Wildman–Crippen MR) is 114 cm³/mol. The number of nitrogens with one attached hydrogen (secondary N) is 2. The number of guanidine groups is 1. The summed E-state index contributed by atoms with van der Waals surface area (Å²) in [5, 5.41) is 6.45. The summed E-state index contributed by atoms with van der Waals surface area (Å²) in [6.45, 7) is 5.95. The molecule has 2 aliphatic rings. The number of thioether (sulfide) groups is 1. The van der Waals surface area contributed by atoms with E-state index >= 15 is 0 Å². The summed E-state index contributed by atoms with van der Waals surface area (Å²) in [5.74, 6) is 2.60. The SMILES string of the molecule is CCNC(=NCC1(CCOC)CCCC1)NCCS(=O)(=O)N1CCSCC1. The molecule has 0 unspecified atom stereocenters. The van der Waals surface area contributed by atoms with Crippen molar-refractivity contribution in [2.45, 2.75) is 39.0 Å². The molecular formula is C18H36N4O3S2. The Hall–Kier alpha value is -0.510. The minimum absolute atomic E-state index is 0.108. The van der Waals surface area contributed by atoms with E-state index in [0.717, 1.165) is 37.6 Å². The first-order valence-electron chi connectivity index (χ1n) is 10.1. The average Bonchev–Trinajstić information content (AvgIpc) is 3.14. The van der Waals surface area contributed by atoms with Crippen molar-refractivity contribution in [3.63, 3.8) is 0 Å². The van der Waals surface area contributed by atoms with Crippen LogP contribution < -0.4 is 10.6 Å². The molecule has 2 N–H and O–H groups in total. The van der Waals surface area contributed by atoms with Crippen LogP contribution in [0.4, 0.5) is 0 Å². The van der Waals surface area contributed by atoms with Crippen LogP contribution in [-0.2, 0) is 14.8 Å². The number of rotatable bonds is 10. The molecule has 0 aromatic heterocycles. The van der Waals surface area contributed by atoms with Crippen molar-refractivity contribution >= 4 is 27.7 Å². The lowest BCUT2D eigenvalue weighted by Gasteiger charge is -2.27. The van der Waals surface area contributed by atoms with Crippen molar-refractivity contribution < 1.29 is 13.2 Å². The highest BCUT2D eigenvalue weighted by atomic mass is 32.2. The standard InChI is InChI=1S/C18H36N4O3S2/c1-3-19-17(21-16-18(8-12-25-2)6-4-5-7-18)20-9-15-27(23,24)22-10-13-26-14-11-22/h3-16H2,1-2H3,(H2,19,20,21). The van der Waals surface area contributed by atoms with Gasteiger partial charge in [-0.05, 0) is 31.6 Å². The maximum Gasteiger partial charge on any atom is 0.215 e. The number of methoxy groups -OCH3 is 1. The molecule has 1 heterocycles. The van der Waals surface area contributed by atoms with Gasteiger partial charge in [0.15, 0.2) is 5.96 Å². The van der Waals surface area contributed by atoms with Gasteiger partial charge in [-0.3, -0.25) is 4.99 Å². The van der Waals surface area contributed by atoms with Crippen LogP contribution in [0.3, 0.4) is 0 Å². The number of hydrogen-bond donors (Lipinski definition) is 2. The van der Waals surface area contributed by atoms with E-state index in [4.69, 9.17) is 9.73 Å². The van der Waals surface area contributed by atoms with Crippen LogP contribution >= 0.6 is 11.8 Å². The second kappa shape index (κ2) is 11.5. The van der Waals surface area contributed by atoms with Gasteiger partial charge in [-0.25, -0.2) is 12.7 Å². The Morgan fingerprint density at radius 2 is 1.93 bits per heavy atom. The maximum absolute atomic E-state index is 12.5. The molecule has 2 rings (SSSR count). The van der Waals surface area contributed by atoms with Crippen LogP contribution in [0, 0.1) is 5.41 Å². The van der Waals surface area contributed by atoms with Crippen LogP contribution in [0.5, 0.6) is 0 Å². The molecule has 0 aromatic carbocycles. The first-order chi connectivity index (χ1) is 13.0. The molecule has 0 amide bonds. The van der Waals surface area contributed by atoms with Crippen LogP contribution in [-0.4, -0.2) is 82.4 Å².